The second-order valence-electron chi connectivity index (χ2n) is 5.93. The molecule has 5 heteroatoms. The molecular formula is C15H25N3OS. The van der Waals surface area contributed by atoms with Gasteiger partial charge in [0.05, 0.1) is 11.6 Å². The first kappa shape index (κ1) is 15.4. The predicted octanol–water partition coefficient (Wildman–Crippen LogP) is 2.78. The number of hydrogen-bond donors (Lipinski definition) is 0. The number of nitrogens with zero attached hydrogens (tertiary/aromatic N) is 3. The summed E-state index contributed by atoms with van der Waals surface area (Å²) in [5, 5.41) is 0. The molecule has 0 bridgehead atoms. The fourth-order valence-electron chi connectivity index (χ4n) is 2.76. The quantitative estimate of drug-likeness (QED) is 0.857. The molecule has 1 fully saturated rings. The van der Waals surface area contributed by atoms with Crippen molar-refractivity contribution in [2.24, 2.45) is 5.92 Å². The molecule has 4 nitrogen and oxygen atoms in total. The fourth-order valence-corrected chi connectivity index (χ4v) is 3.48. The van der Waals surface area contributed by atoms with Gasteiger partial charge in [-0.1, -0.05) is 0 Å². The lowest BCUT2D eigenvalue weighted by Crippen LogP contribution is -2.44. The van der Waals surface area contributed by atoms with Gasteiger partial charge in [-0.3, -0.25) is 9.78 Å². The highest BCUT2D eigenvalue weighted by molar-refractivity contribution is 7.09. The number of thiazole rings is 1. The summed E-state index contributed by atoms with van der Waals surface area (Å²) in [6, 6.07) is 0.707. The highest BCUT2D eigenvalue weighted by Crippen LogP contribution is 2.27. The lowest BCUT2D eigenvalue weighted by molar-refractivity contribution is -0.137. The summed E-state index contributed by atoms with van der Waals surface area (Å²) in [5.41, 5.74) is 1.82. The lowest BCUT2D eigenvalue weighted by atomic mass is 9.94. The number of rotatable bonds is 4. The van der Waals surface area contributed by atoms with Crippen LogP contribution < -0.4 is 0 Å². The van der Waals surface area contributed by atoms with Crippen molar-refractivity contribution >= 4 is 17.2 Å². The van der Waals surface area contributed by atoms with E-state index in [0.717, 1.165) is 30.8 Å². The summed E-state index contributed by atoms with van der Waals surface area (Å²) < 4.78 is 0. The van der Waals surface area contributed by atoms with Gasteiger partial charge in [0, 0.05) is 30.1 Å². The van der Waals surface area contributed by atoms with Crippen LogP contribution in [0.3, 0.4) is 0 Å². The Kier molecular flexibility index (Phi) is 5.16. The minimum Gasteiger partial charge on any atom is -0.338 e. The van der Waals surface area contributed by atoms with Gasteiger partial charge in [-0.05, 0) is 46.7 Å². The highest BCUT2D eigenvalue weighted by atomic mass is 32.1. The van der Waals surface area contributed by atoms with Crippen LogP contribution in [0.5, 0.6) is 0 Å². The third-order valence-corrected chi connectivity index (χ3v) is 5.35. The molecule has 1 aliphatic rings. The van der Waals surface area contributed by atoms with Crippen LogP contribution >= 0.6 is 11.3 Å². The Morgan fingerprint density at radius 3 is 2.55 bits per heavy atom. The standard InChI is InChI=1S/C15H25N3OS/c1-11(2)18-7-5-13(6-8-18)15(19)17(4)12(3)14-9-16-10-20-14/h9-13H,5-8H2,1-4H3/t12-/m1/s1. The average molecular weight is 295 g/mol. The van der Waals surface area contributed by atoms with Gasteiger partial charge in [-0.2, -0.15) is 0 Å². The Morgan fingerprint density at radius 1 is 1.40 bits per heavy atom. The van der Waals surface area contributed by atoms with E-state index >= 15 is 0 Å². The Labute approximate surface area is 125 Å². The molecule has 2 heterocycles. The SMILES string of the molecule is CC(C)N1CCC(C(=O)N(C)[C@H](C)c2cncs2)CC1. The summed E-state index contributed by atoms with van der Waals surface area (Å²) in [4.78, 5) is 22.2. The van der Waals surface area contributed by atoms with E-state index in [9.17, 15) is 4.79 Å². The van der Waals surface area contributed by atoms with Crippen LogP contribution in [-0.4, -0.2) is 46.9 Å². The van der Waals surface area contributed by atoms with E-state index in [1.807, 2.05) is 23.7 Å². The summed E-state index contributed by atoms with van der Waals surface area (Å²) in [5.74, 6) is 0.472. The van der Waals surface area contributed by atoms with E-state index in [2.05, 4.69) is 30.7 Å². The Morgan fingerprint density at radius 2 is 2.05 bits per heavy atom. The maximum Gasteiger partial charge on any atom is 0.226 e. The second kappa shape index (κ2) is 6.68. The van der Waals surface area contributed by atoms with Crippen LogP contribution in [0.15, 0.2) is 11.7 Å². The largest absolute Gasteiger partial charge is 0.338 e. The minimum absolute atomic E-state index is 0.123. The summed E-state index contributed by atoms with van der Waals surface area (Å²) >= 11 is 1.61. The molecule has 1 aliphatic heterocycles. The third-order valence-electron chi connectivity index (χ3n) is 4.40. The van der Waals surface area contributed by atoms with Gasteiger partial charge in [0.1, 0.15) is 0 Å². The molecule has 1 saturated heterocycles. The zero-order valence-corrected chi connectivity index (χ0v) is 13.7. The zero-order chi connectivity index (χ0) is 14.7. The van der Waals surface area contributed by atoms with Gasteiger partial charge in [-0.25, -0.2) is 0 Å². The molecule has 0 aromatic carbocycles. The number of amides is 1. The molecule has 20 heavy (non-hydrogen) atoms. The van der Waals surface area contributed by atoms with Crippen molar-refractivity contribution < 1.29 is 4.79 Å². The maximum absolute atomic E-state index is 12.6. The predicted molar refractivity (Wildman–Crippen MR) is 82.7 cm³/mol. The fraction of sp³-hybridized carbons (Fsp3) is 0.733. The minimum atomic E-state index is 0.123. The van der Waals surface area contributed by atoms with E-state index < -0.39 is 0 Å². The summed E-state index contributed by atoms with van der Waals surface area (Å²) in [6.07, 6.45) is 3.83. The van der Waals surface area contributed by atoms with E-state index in [0.29, 0.717) is 6.04 Å². The molecule has 2 rings (SSSR count). The van der Waals surface area contributed by atoms with Crippen molar-refractivity contribution in [3.05, 3.63) is 16.6 Å². The van der Waals surface area contributed by atoms with Crippen molar-refractivity contribution in [2.75, 3.05) is 20.1 Å². The van der Waals surface area contributed by atoms with E-state index in [1.165, 1.54) is 0 Å². The molecular weight excluding hydrogens is 270 g/mol. The van der Waals surface area contributed by atoms with Gasteiger partial charge < -0.3 is 9.80 Å². The molecule has 0 unspecified atom stereocenters. The van der Waals surface area contributed by atoms with E-state index in [1.54, 1.807) is 11.3 Å². The van der Waals surface area contributed by atoms with Gasteiger partial charge in [-0.15, -0.1) is 11.3 Å². The second-order valence-corrected chi connectivity index (χ2v) is 6.85. The molecule has 112 valence electrons. The first-order valence-electron chi connectivity index (χ1n) is 7.39. The average Bonchev–Trinajstić information content (AvgIpc) is 2.99. The van der Waals surface area contributed by atoms with Crippen LogP contribution in [0.25, 0.3) is 0 Å². The van der Waals surface area contributed by atoms with Crippen molar-refractivity contribution in [3.8, 4) is 0 Å². The molecule has 0 saturated carbocycles. The van der Waals surface area contributed by atoms with E-state index in [4.69, 9.17) is 0 Å². The van der Waals surface area contributed by atoms with E-state index in [-0.39, 0.29) is 17.9 Å². The Hall–Kier alpha value is -0.940. The monoisotopic (exact) mass is 295 g/mol. The number of aromatic nitrogens is 1. The first-order valence-corrected chi connectivity index (χ1v) is 8.27. The van der Waals surface area contributed by atoms with Crippen LogP contribution in [-0.2, 0) is 4.79 Å². The van der Waals surface area contributed by atoms with Crippen molar-refractivity contribution in [3.63, 3.8) is 0 Å². The number of carbonyl (C=O) groups excluding carboxylic acids is 1. The van der Waals surface area contributed by atoms with Gasteiger partial charge in [0.15, 0.2) is 0 Å². The first-order chi connectivity index (χ1) is 9.50. The molecule has 0 radical (unpaired) electrons. The van der Waals surface area contributed by atoms with Crippen LogP contribution in [0.2, 0.25) is 0 Å². The van der Waals surface area contributed by atoms with Gasteiger partial charge in [0.25, 0.3) is 0 Å². The number of piperidine rings is 1. The maximum atomic E-state index is 12.6. The van der Waals surface area contributed by atoms with Crippen molar-refractivity contribution in [1.82, 2.24) is 14.8 Å². The third kappa shape index (κ3) is 3.38. The normalized spacial score (nSPS) is 19.2. The molecule has 0 N–H and O–H groups in total. The number of carbonyl (C=O) groups is 1. The Balaban J connectivity index is 1.91. The van der Waals surface area contributed by atoms with Crippen LogP contribution in [0.1, 0.15) is 44.5 Å². The zero-order valence-electron chi connectivity index (χ0n) is 12.9. The van der Waals surface area contributed by atoms with Crippen LogP contribution in [0, 0.1) is 5.92 Å². The van der Waals surface area contributed by atoms with Crippen molar-refractivity contribution in [1.29, 1.82) is 0 Å². The molecule has 0 spiro atoms. The number of likely N-dealkylation sites (tertiary alicyclic amines) is 1. The molecule has 1 amide bonds. The Bertz CT molecular complexity index is 424. The summed E-state index contributed by atoms with van der Waals surface area (Å²) in [7, 11) is 1.92. The summed E-state index contributed by atoms with van der Waals surface area (Å²) in [6.45, 7) is 8.60. The lowest BCUT2D eigenvalue weighted by Gasteiger charge is -2.36. The highest BCUT2D eigenvalue weighted by Gasteiger charge is 2.30. The van der Waals surface area contributed by atoms with Crippen molar-refractivity contribution in [2.45, 2.75) is 45.7 Å². The molecule has 1 atom stereocenters. The molecule has 0 aliphatic carbocycles. The molecule has 1 aromatic rings. The van der Waals surface area contributed by atoms with Crippen LogP contribution in [0.4, 0.5) is 0 Å². The van der Waals surface area contributed by atoms with Gasteiger partial charge >= 0.3 is 0 Å². The van der Waals surface area contributed by atoms with Gasteiger partial charge in [0.2, 0.25) is 5.91 Å². The number of hydrogen-bond acceptors (Lipinski definition) is 4. The molecule has 1 aromatic heterocycles. The topological polar surface area (TPSA) is 36.4 Å². The smallest absolute Gasteiger partial charge is 0.226 e.